The molecule has 1 aliphatic rings. The summed E-state index contributed by atoms with van der Waals surface area (Å²) in [5, 5.41) is 6.28. The van der Waals surface area contributed by atoms with Gasteiger partial charge in [-0.3, -0.25) is 9.89 Å². The van der Waals surface area contributed by atoms with Gasteiger partial charge in [0.05, 0.1) is 0 Å². The van der Waals surface area contributed by atoms with Crippen molar-refractivity contribution in [1.82, 2.24) is 20.1 Å². The highest BCUT2D eigenvalue weighted by Crippen LogP contribution is 2.30. The molecule has 0 aliphatic heterocycles. The molecule has 0 atom stereocenters. The van der Waals surface area contributed by atoms with Gasteiger partial charge in [0.25, 0.3) is 5.91 Å². The Bertz CT molecular complexity index is 453. The molecule has 1 aromatic rings. The quantitative estimate of drug-likeness (QED) is 0.893. The largest absolute Gasteiger partial charge is 0.406 e. The number of aryl methyl sites for hydroxylation is 1. The maximum atomic E-state index is 12.5. The summed E-state index contributed by atoms with van der Waals surface area (Å²) in [6.45, 7) is 0.693. The summed E-state index contributed by atoms with van der Waals surface area (Å²) in [4.78, 5) is 16.8. The molecule has 1 heterocycles. The van der Waals surface area contributed by atoms with E-state index in [1.54, 1.807) is 0 Å². The molecule has 106 valence electrons. The van der Waals surface area contributed by atoms with Crippen molar-refractivity contribution in [2.24, 2.45) is 0 Å². The van der Waals surface area contributed by atoms with Gasteiger partial charge < -0.3 is 4.90 Å². The first-order valence-electron chi connectivity index (χ1n) is 6.19. The Hall–Kier alpha value is -1.60. The highest BCUT2D eigenvalue weighted by molar-refractivity contribution is 5.90. The number of rotatable bonds is 5. The van der Waals surface area contributed by atoms with E-state index in [0.29, 0.717) is 25.1 Å². The SMILES string of the molecule is CCCc1nc(C(=O)N(CC(F)(F)F)C2CC2)n[nH]1. The molecule has 0 radical (unpaired) electrons. The van der Waals surface area contributed by atoms with Crippen LogP contribution in [0, 0.1) is 0 Å². The van der Waals surface area contributed by atoms with Gasteiger partial charge in [0.15, 0.2) is 0 Å². The number of amides is 1. The van der Waals surface area contributed by atoms with Crippen LogP contribution in [0.1, 0.15) is 42.6 Å². The summed E-state index contributed by atoms with van der Waals surface area (Å²) in [5.74, 6) is -0.411. The molecule has 8 heteroatoms. The van der Waals surface area contributed by atoms with E-state index in [9.17, 15) is 18.0 Å². The lowest BCUT2D eigenvalue weighted by Crippen LogP contribution is -2.41. The van der Waals surface area contributed by atoms with Gasteiger partial charge in [-0.1, -0.05) is 6.92 Å². The minimum atomic E-state index is -4.40. The van der Waals surface area contributed by atoms with Crippen LogP contribution in [0.3, 0.4) is 0 Å². The number of hydrogen-bond acceptors (Lipinski definition) is 3. The average Bonchev–Trinajstić information content (AvgIpc) is 3.05. The lowest BCUT2D eigenvalue weighted by atomic mass is 10.3. The zero-order valence-electron chi connectivity index (χ0n) is 10.5. The molecular weight excluding hydrogens is 261 g/mol. The molecule has 19 heavy (non-hydrogen) atoms. The molecule has 0 spiro atoms. The summed E-state index contributed by atoms with van der Waals surface area (Å²) in [6, 6.07) is -0.331. The lowest BCUT2D eigenvalue weighted by molar-refractivity contribution is -0.141. The first-order valence-corrected chi connectivity index (χ1v) is 6.19. The highest BCUT2D eigenvalue weighted by Gasteiger charge is 2.41. The van der Waals surface area contributed by atoms with Gasteiger partial charge in [-0.25, -0.2) is 4.98 Å². The van der Waals surface area contributed by atoms with Crippen molar-refractivity contribution in [3.05, 3.63) is 11.6 Å². The van der Waals surface area contributed by atoms with Crippen molar-refractivity contribution in [2.45, 2.75) is 44.8 Å². The van der Waals surface area contributed by atoms with E-state index < -0.39 is 18.6 Å². The number of H-pyrrole nitrogens is 1. The molecule has 2 rings (SSSR count). The Morgan fingerprint density at radius 1 is 1.47 bits per heavy atom. The number of halogens is 3. The van der Waals surface area contributed by atoms with Crippen LogP contribution in [0.2, 0.25) is 0 Å². The van der Waals surface area contributed by atoms with Gasteiger partial charge >= 0.3 is 6.18 Å². The topological polar surface area (TPSA) is 61.9 Å². The monoisotopic (exact) mass is 276 g/mol. The van der Waals surface area contributed by atoms with Gasteiger partial charge in [0.1, 0.15) is 12.4 Å². The Labute approximate surface area is 108 Å². The molecule has 5 nitrogen and oxygen atoms in total. The summed E-state index contributed by atoms with van der Waals surface area (Å²) >= 11 is 0. The number of hydrogen-bond donors (Lipinski definition) is 1. The van der Waals surface area contributed by atoms with Crippen molar-refractivity contribution in [2.75, 3.05) is 6.54 Å². The normalized spacial score (nSPS) is 15.6. The molecule has 1 saturated carbocycles. The Morgan fingerprint density at radius 3 is 2.68 bits per heavy atom. The number of carbonyl (C=O) groups is 1. The zero-order chi connectivity index (χ0) is 14.0. The molecule has 0 saturated heterocycles. The van der Waals surface area contributed by atoms with E-state index in [1.807, 2.05) is 6.92 Å². The summed E-state index contributed by atoms with van der Waals surface area (Å²) in [6.07, 6.45) is -1.76. The molecule has 0 unspecified atom stereocenters. The third kappa shape index (κ3) is 3.68. The fourth-order valence-electron chi connectivity index (χ4n) is 1.81. The van der Waals surface area contributed by atoms with Crippen LogP contribution in [0.4, 0.5) is 13.2 Å². The fourth-order valence-corrected chi connectivity index (χ4v) is 1.81. The van der Waals surface area contributed by atoms with Crippen LogP contribution in [-0.2, 0) is 6.42 Å². The first kappa shape index (κ1) is 13.8. The number of carbonyl (C=O) groups excluding carboxylic acids is 1. The van der Waals surface area contributed by atoms with Crippen molar-refractivity contribution in [3.8, 4) is 0 Å². The minimum absolute atomic E-state index is 0.181. The van der Waals surface area contributed by atoms with Gasteiger partial charge in [-0.05, 0) is 19.3 Å². The van der Waals surface area contributed by atoms with Crippen molar-refractivity contribution in [1.29, 1.82) is 0 Å². The molecule has 1 amide bonds. The van der Waals surface area contributed by atoms with Crippen molar-refractivity contribution >= 4 is 5.91 Å². The molecular formula is C11H15F3N4O. The predicted octanol–water partition coefficient (Wildman–Crippen LogP) is 1.92. The Balaban J connectivity index is 2.09. The number of alkyl halides is 3. The van der Waals surface area contributed by atoms with Crippen LogP contribution < -0.4 is 0 Å². The first-order chi connectivity index (χ1) is 8.90. The van der Waals surface area contributed by atoms with E-state index in [0.717, 1.165) is 11.3 Å². The van der Waals surface area contributed by atoms with Gasteiger partial charge in [0.2, 0.25) is 5.82 Å². The number of aromatic nitrogens is 3. The standard InChI is InChI=1S/C11H15F3N4O/c1-2-3-8-15-9(17-16-8)10(19)18(7-4-5-7)6-11(12,13)14/h7H,2-6H2,1H3,(H,15,16,17). The molecule has 1 aromatic heterocycles. The summed E-state index contributed by atoms with van der Waals surface area (Å²) in [5.41, 5.74) is 0. The van der Waals surface area contributed by atoms with Crippen LogP contribution in [0.25, 0.3) is 0 Å². The molecule has 0 bridgehead atoms. The fraction of sp³-hybridized carbons (Fsp3) is 0.727. The number of nitrogens with zero attached hydrogens (tertiary/aromatic N) is 3. The van der Waals surface area contributed by atoms with E-state index in [4.69, 9.17) is 0 Å². The second kappa shape index (κ2) is 5.18. The highest BCUT2D eigenvalue weighted by atomic mass is 19.4. The van der Waals surface area contributed by atoms with Gasteiger partial charge in [0, 0.05) is 12.5 Å². The maximum absolute atomic E-state index is 12.5. The van der Waals surface area contributed by atoms with Crippen molar-refractivity contribution in [3.63, 3.8) is 0 Å². The lowest BCUT2D eigenvalue weighted by Gasteiger charge is -2.22. The number of nitrogens with one attached hydrogen (secondary N) is 1. The van der Waals surface area contributed by atoms with E-state index in [2.05, 4.69) is 15.2 Å². The van der Waals surface area contributed by atoms with Crippen LogP contribution in [0.15, 0.2) is 0 Å². The van der Waals surface area contributed by atoms with Crippen molar-refractivity contribution < 1.29 is 18.0 Å². The average molecular weight is 276 g/mol. The van der Waals surface area contributed by atoms with E-state index >= 15 is 0 Å². The predicted molar refractivity (Wildman–Crippen MR) is 60.5 cm³/mol. The summed E-state index contributed by atoms with van der Waals surface area (Å²) in [7, 11) is 0. The van der Waals surface area contributed by atoms with Crippen LogP contribution >= 0.6 is 0 Å². The smallest absolute Gasteiger partial charge is 0.324 e. The molecule has 1 fully saturated rings. The zero-order valence-corrected chi connectivity index (χ0v) is 10.5. The second-order valence-electron chi connectivity index (χ2n) is 4.64. The summed E-state index contributed by atoms with van der Waals surface area (Å²) < 4.78 is 37.4. The van der Waals surface area contributed by atoms with E-state index in [1.165, 1.54) is 0 Å². The molecule has 1 aliphatic carbocycles. The Kier molecular flexibility index (Phi) is 3.77. The van der Waals surface area contributed by atoms with Crippen LogP contribution in [0.5, 0.6) is 0 Å². The molecule has 0 aromatic carbocycles. The minimum Gasteiger partial charge on any atom is -0.324 e. The number of aromatic amines is 1. The third-order valence-corrected chi connectivity index (χ3v) is 2.81. The Morgan fingerprint density at radius 2 is 2.16 bits per heavy atom. The third-order valence-electron chi connectivity index (χ3n) is 2.81. The second-order valence-corrected chi connectivity index (χ2v) is 4.64. The maximum Gasteiger partial charge on any atom is 0.406 e. The van der Waals surface area contributed by atoms with E-state index in [-0.39, 0.29) is 11.9 Å². The van der Waals surface area contributed by atoms with Crippen LogP contribution in [-0.4, -0.2) is 44.8 Å². The molecule has 1 N–H and O–H groups in total. The van der Waals surface area contributed by atoms with Gasteiger partial charge in [-0.2, -0.15) is 13.2 Å². The van der Waals surface area contributed by atoms with Gasteiger partial charge in [-0.15, -0.1) is 5.10 Å².